The highest BCUT2D eigenvalue weighted by Gasteiger charge is 2.08. The van der Waals surface area contributed by atoms with Crippen LogP contribution in [0.5, 0.6) is 5.75 Å². The molecule has 2 rings (SSSR count). The molecule has 2 aromatic rings. The third-order valence-corrected chi connectivity index (χ3v) is 3.41. The van der Waals surface area contributed by atoms with Gasteiger partial charge >= 0.3 is 0 Å². The molecule has 0 radical (unpaired) electrons. The second-order valence-corrected chi connectivity index (χ2v) is 5.26. The van der Waals surface area contributed by atoms with Crippen LogP contribution in [0.2, 0.25) is 5.02 Å². The van der Waals surface area contributed by atoms with Gasteiger partial charge in [-0.15, -0.1) is 0 Å². The molecular formula is C15H13ClN2O2S. The van der Waals surface area contributed by atoms with Gasteiger partial charge in [-0.25, -0.2) is 0 Å². The first kappa shape index (κ1) is 15.3. The third-order valence-electron chi connectivity index (χ3n) is 2.87. The van der Waals surface area contributed by atoms with Gasteiger partial charge in [0.05, 0.1) is 5.02 Å². The molecule has 2 aromatic carbocycles. The van der Waals surface area contributed by atoms with Gasteiger partial charge in [0.25, 0.3) is 5.91 Å². The number of nitrogens with one attached hydrogen (secondary N) is 1. The van der Waals surface area contributed by atoms with E-state index in [1.807, 2.05) is 24.3 Å². The van der Waals surface area contributed by atoms with Gasteiger partial charge in [-0.1, -0.05) is 42.0 Å². The fourth-order valence-electron chi connectivity index (χ4n) is 1.77. The van der Waals surface area contributed by atoms with Crippen LogP contribution in [0.1, 0.15) is 21.5 Å². The predicted molar refractivity (Wildman–Crippen MR) is 86.6 cm³/mol. The highest BCUT2D eigenvalue weighted by Crippen LogP contribution is 2.23. The summed E-state index contributed by atoms with van der Waals surface area (Å²) in [6.45, 7) is 0.341. The lowest BCUT2D eigenvalue weighted by atomic mass is 10.1. The monoisotopic (exact) mass is 320 g/mol. The number of phenols is 1. The Hall–Kier alpha value is -2.11. The summed E-state index contributed by atoms with van der Waals surface area (Å²) in [7, 11) is 0. The van der Waals surface area contributed by atoms with E-state index in [1.54, 1.807) is 0 Å². The van der Waals surface area contributed by atoms with E-state index in [0.717, 1.165) is 11.1 Å². The smallest absolute Gasteiger partial charge is 0.251 e. The van der Waals surface area contributed by atoms with Gasteiger partial charge in [-0.05, 0) is 29.8 Å². The molecule has 0 spiro atoms. The molecule has 1 amide bonds. The Labute approximate surface area is 132 Å². The van der Waals surface area contributed by atoms with Crippen LogP contribution in [0.15, 0.2) is 42.5 Å². The van der Waals surface area contributed by atoms with E-state index in [-0.39, 0.29) is 16.7 Å². The number of phenolic OH excluding ortho intramolecular Hbond substituents is 1. The zero-order chi connectivity index (χ0) is 15.4. The molecule has 0 unspecified atom stereocenters. The molecular weight excluding hydrogens is 308 g/mol. The van der Waals surface area contributed by atoms with E-state index < -0.39 is 0 Å². The number of halogens is 1. The highest BCUT2D eigenvalue weighted by molar-refractivity contribution is 7.80. The van der Waals surface area contributed by atoms with Crippen molar-refractivity contribution < 1.29 is 9.90 Å². The molecule has 4 N–H and O–H groups in total. The first-order valence-electron chi connectivity index (χ1n) is 6.13. The topological polar surface area (TPSA) is 75.3 Å². The van der Waals surface area contributed by atoms with E-state index in [0.29, 0.717) is 17.1 Å². The third kappa shape index (κ3) is 3.93. The highest BCUT2D eigenvalue weighted by atomic mass is 35.5. The average Bonchev–Trinajstić information content (AvgIpc) is 2.48. The number of benzene rings is 2. The summed E-state index contributed by atoms with van der Waals surface area (Å²) in [4.78, 5) is 12.3. The summed E-state index contributed by atoms with van der Waals surface area (Å²) in [5.41, 5.74) is 7.59. The first-order chi connectivity index (χ1) is 9.97. The quantitative estimate of drug-likeness (QED) is 0.757. The predicted octanol–water partition coefficient (Wildman–Crippen LogP) is 2.61. The number of carbonyl (C=O) groups excluding carboxylic acids is 1. The standard InChI is InChI=1S/C15H13ClN2O2S/c16-12-7-11(4-5-13(12)19)15(20)18-8-9-2-1-3-10(6-9)14(17)21/h1-7,19H,8H2,(H2,17,21)(H,18,20). The molecule has 108 valence electrons. The summed E-state index contributed by atoms with van der Waals surface area (Å²) in [5.74, 6) is -0.338. The molecule has 0 atom stereocenters. The van der Waals surface area contributed by atoms with Crippen molar-refractivity contribution in [1.82, 2.24) is 5.32 Å². The van der Waals surface area contributed by atoms with Gasteiger partial charge in [-0.2, -0.15) is 0 Å². The first-order valence-corrected chi connectivity index (χ1v) is 6.91. The van der Waals surface area contributed by atoms with Gasteiger partial charge in [0.15, 0.2) is 0 Å². The maximum atomic E-state index is 12.0. The van der Waals surface area contributed by atoms with Crippen LogP contribution < -0.4 is 11.1 Å². The zero-order valence-corrected chi connectivity index (χ0v) is 12.5. The number of amides is 1. The van der Waals surface area contributed by atoms with Crippen LogP contribution in [-0.2, 0) is 6.54 Å². The van der Waals surface area contributed by atoms with Crippen molar-refractivity contribution in [3.05, 3.63) is 64.2 Å². The number of nitrogens with two attached hydrogens (primary N) is 1. The number of rotatable bonds is 4. The minimum atomic E-state index is -0.280. The van der Waals surface area contributed by atoms with Crippen molar-refractivity contribution >= 4 is 34.7 Å². The fraction of sp³-hybridized carbons (Fsp3) is 0.0667. The second kappa shape index (κ2) is 6.56. The van der Waals surface area contributed by atoms with Crippen LogP contribution in [-0.4, -0.2) is 16.0 Å². The van der Waals surface area contributed by atoms with Gasteiger partial charge < -0.3 is 16.2 Å². The molecule has 4 nitrogen and oxygen atoms in total. The number of thiocarbonyl (C=S) groups is 1. The van der Waals surface area contributed by atoms with Crippen LogP contribution in [0.4, 0.5) is 0 Å². The maximum absolute atomic E-state index is 12.0. The number of hydrogen-bond acceptors (Lipinski definition) is 3. The normalized spacial score (nSPS) is 10.1. The minimum absolute atomic E-state index is 0.0580. The molecule has 0 aromatic heterocycles. The van der Waals surface area contributed by atoms with Crippen molar-refractivity contribution in [2.24, 2.45) is 5.73 Å². The number of aromatic hydroxyl groups is 1. The van der Waals surface area contributed by atoms with Gasteiger partial charge in [0.1, 0.15) is 10.7 Å². The maximum Gasteiger partial charge on any atom is 0.251 e. The average molecular weight is 321 g/mol. The second-order valence-electron chi connectivity index (χ2n) is 4.41. The molecule has 0 aliphatic rings. The van der Waals surface area contributed by atoms with E-state index in [1.165, 1.54) is 18.2 Å². The largest absolute Gasteiger partial charge is 0.506 e. The molecule has 0 aliphatic heterocycles. The lowest BCUT2D eigenvalue weighted by Gasteiger charge is -2.07. The Morgan fingerprint density at radius 1 is 1.24 bits per heavy atom. The minimum Gasteiger partial charge on any atom is -0.506 e. The Morgan fingerprint density at radius 3 is 2.67 bits per heavy atom. The summed E-state index contributed by atoms with van der Waals surface area (Å²) >= 11 is 10.7. The summed E-state index contributed by atoms with van der Waals surface area (Å²) in [5, 5.41) is 12.2. The van der Waals surface area contributed by atoms with Crippen molar-refractivity contribution in [3.8, 4) is 5.75 Å². The number of carbonyl (C=O) groups is 1. The van der Waals surface area contributed by atoms with Gasteiger partial charge in [0.2, 0.25) is 0 Å². The van der Waals surface area contributed by atoms with Crippen molar-refractivity contribution in [2.75, 3.05) is 0 Å². The van der Waals surface area contributed by atoms with E-state index in [2.05, 4.69) is 5.32 Å². The van der Waals surface area contributed by atoms with Crippen molar-refractivity contribution in [1.29, 1.82) is 0 Å². The van der Waals surface area contributed by atoms with Crippen LogP contribution >= 0.6 is 23.8 Å². The Balaban J connectivity index is 2.05. The Bertz CT molecular complexity index is 704. The summed E-state index contributed by atoms with van der Waals surface area (Å²) in [6.07, 6.45) is 0. The molecule has 0 saturated heterocycles. The lowest BCUT2D eigenvalue weighted by Crippen LogP contribution is -2.23. The molecule has 0 saturated carbocycles. The van der Waals surface area contributed by atoms with Crippen molar-refractivity contribution in [2.45, 2.75) is 6.54 Å². The Morgan fingerprint density at radius 2 is 2.00 bits per heavy atom. The SMILES string of the molecule is NC(=S)c1cccc(CNC(=O)c2ccc(O)c(Cl)c2)c1. The molecule has 0 fully saturated rings. The van der Waals surface area contributed by atoms with Gasteiger partial charge in [-0.3, -0.25) is 4.79 Å². The fourth-order valence-corrected chi connectivity index (χ4v) is 2.07. The van der Waals surface area contributed by atoms with Crippen LogP contribution in [0.3, 0.4) is 0 Å². The van der Waals surface area contributed by atoms with Crippen molar-refractivity contribution in [3.63, 3.8) is 0 Å². The summed E-state index contributed by atoms with van der Waals surface area (Å²) < 4.78 is 0. The molecule has 0 aliphatic carbocycles. The molecule has 0 heterocycles. The van der Waals surface area contributed by atoms with E-state index >= 15 is 0 Å². The molecule has 21 heavy (non-hydrogen) atoms. The van der Waals surface area contributed by atoms with Gasteiger partial charge in [0, 0.05) is 17.7 Å². The van der Waals surface area contributed by atoms with Crippen LogP contribution in [0.25, 0.3) is 0 Å². The van der Waals surface area contributed by atoms with E-state index in [9.17, 15) is 9.90 Å². The zero-order valence-electron chi connectivity index (χ0n) is 11.0. The Kier molecular flexibility index (Phi) is 4.77. The number of hydrogen-bond donors (Lipinski definition) is 3. The van der Waals surface area contributed by atoms with E-state index in [4.69, 9.17) is 29.6 Å². The molecule has 0 bridgehead atoms. The van der Waals surface area contributed by atoms with Crippen LogP contribution in [0, 0.1) is 0 Å². The lowest BCUT2D eigenvalue weighted by molar-refractivity contribution is 0.0951. The summed E-state index contributed by atoms with van der Waals surface area (Å²) in [6, 6.07) is 11.6. The molecule has 6 heteroatoms.